The number of rotatable bonds is 3. The van der Waals surface area contributed by atoms with Gasteiger partial charge >= 0.3 is 0 Å². The number of nitrogens with one attached hydrogen (secondary N) is 2. The fourth-order valence-corrected chi connectivity index (χ4v) is 2.09. The number of hydrazine groups is 1. The molecule has 0 unspecified atom stereocenters. The van der Waals surface area contributed by atoms with Gasteiger partial charge in [0.15, 0.2) is 5.82 Å². The fraction of sp³-hybridized carbons (Fsp3) is 0.143. The molecule has 0 saturated carbocycles. The first kappa shape index (κ1) is 14.3. The third-order valence-electron chi connectivity index (χ3n) is 2.96. The smallest absolute Gasteiger partial charge is 0.257 e. The van der Waals surface area contributed by atoms with Crippen molar-refractivity contribution >= 4 is 29.0 Å². The number of anilines is 2. The van der Waals surface area contributed by atoms with Crippen LogP contribution in [0, 0.1) is 13.8 Å². The number of nitrogens with zero attached hydrogens (tertiary/aromatic N) is 1. The van der Waals surface area contributed by atoms with Gasteiger partial charge in [-0.15, -0.1) is 0 Å². The van der Waals surface area contributed by atoms with Crippen molar-refractivity contribution in [1.29, 1.82) is 0 Å². The molecule has 2 aromatic rings. The van der Waals surface area contributed by atoms with Crippen molar-refractivity contribution in [2.24, 2.45) is 5.84 Å². The maximum absolute atomic E-state index is 12.2. The van der Waals surface area contributed by atoms with Crippen LogP contribution >= 0.6 is 11.6 Å². The fourth-order valence-electron chi connectivity index (χ4n) is 1.87. The largest absolute Gasteiger partial charge is 0.321 e. The molecule has 0 radical (unpaired) electrons. The lowest BCUT2D eigenvalue weighted by molar-refractivity contribution is 0.102. The summed E-state index contributed by atoms with van der Waals surface area (Å²) in [6, 6.07) is 7.34. The number of pyridine rings is 1. The molecule has 0 aliphatic heterocycles. The first-order valence-corrected chi connectivity index (χ1v) is 6.40. The van der Waals surface area contributed by atoms with Gasteiger partial charge in [-0.1, -0.05) is 29.8 Å². The van der Waals surface area contributed by atoms with Crippen molar-refractivity contribution in [2.75, 3.05) is 10.7 Å². The van der Waals surface area contributed by atoms with E-state index in [4.69, 9.17) is 17.4 Å². The Bertz CT molecular complexity index is 637. The Morgan fingerprint density at radius 3 is 2.50 bits per heavy atom. The topological polar surface area (TPSA) is 80.0 Å². The summed E-state index contributed by atoms with van der Waals surface area (Å²) in [4.78, 5) is 16.2. The number of hydrogen-bond acceptors (Lipinski definition) is 4. The van der Waals surface area contributed by atoms with Crippen LogP contribution in [-0.4, -0.2) is 10.9 Å². The maximum Gasteiger partial charge on any atom is 0.257 e. The van der Waals surface area contributed by atoms with Crippen molar-refractivity contribution in [2.45, 2.75) is 13.8 Å². The number of carbonyl (C=O) groups is 1. The number of aromatic nitrogens is 1. The minimum atomic E-state index is -0.264. The molecule has 0 atom stereocenters. The Morgan fingerprint density at radius 2 is 1.95 bits per heavy atom. The van der Waals surface area contributed by atoms with Crippen molar-refractivity contribution in [3.63, 3.8) is 0 Å². The number of nitrogen functional groups attached to an aromatic ring is 1. The van der Waals surface area contributed by atoms with Gasteiger partial charge in [-0.2, -0.15) is 0 Å². The highest BCUT2D eigenvalue weighted by Crippen LogP contribution is 2.22. The zero-order valence-electron chi connectivity index (χ0n) is 11.2. The Morgan fingerprint density at radius 1 is 1.30 bits per heavy atom. The predicted molar refractivity (Wildman–Crippen MR) is 80.9 cm³/mol. The van der Waals surface area contributed by atoms with Gasteiger partial charge in [0.1, 0.15) is 0 Å². The molecule has 4 N–H and O–H groups in total. The molecule has 104 valence electrons. The van der Waals surface area contributed by atoms with Gasteiger partial charge < -0.3 is 10.7 Å². The van der Waals surface area contributed by atoms with Gasteiger partial charge in [0.25, 0.3) is 5.91 Å². The minimum absolute atomic E-state index is 0.264. The summed E-state index contributed by atoms with van der Waals surface area (Å²) in [7, 11) is 0. The van der Waals surface area contributed by atoms with Crippen molar-refractivity contribution in [3.05, 3.63) is 52.2 Å². The molecule has 0 aliphatic rings. The maximum atomic E-state index is 12.2. The first-order chi connectivity index (χ1) is 9.52. The second kappa shape index (κ2) is 5.90. The molecule has 6 heteroatoms. The summed E-state index contributed by atoms with van der Waals surface area (Å²) in [6.45, 7) is 3.88. The molecule has 2 rings (SSSR count). The summed E-state index contributed by atoms with van der Waals surface area (Å²) < 4.78 is 0. The van der Waals surface area contributed by atoms with E-state index in [9.17, 15) is 4.79 Å². The van der Waals surface area contributed by atoms with Crippen molar-refractivity contribution in [1.82, 2.24) is 4.98 Å². The average molecular weight is 291 g/mol. The van der Waals surface area contributed by atoms with Crippen LogP contribution in [-0.2, 0) is 0 Å². The Labute approximate surface area is 122 Å². The van der Waals surface area contributed by atoms with Crippen molar-refractivity contribution < 1.29 is 4.79 Å². The highest BCUT2D eigenvalue weighted by Gasteiger charge is 2.12. The van der Waals surface area contributed by atoms with E-state index in [1.165, 1.54) is 12.3 Å². The number of halogens is 1. The van der Waals surface area contributed by atoms with E-state index in [1.807, 2.05) is 32.0 Å². The third-order valence-corrected chi connectivity index (χ3v) is 3.25. The number of hydrogen-bond donors (Lipinski definition) is 3. The lowest BCUT2D eigenvalue weighted by atomic mass is 10.1. The van der Waals surface area contributed by atoms with E-state index in [0.717, 1.165) is 16.8 Å². The van der Waals surface area contributed by atoms with E-state index in [0.29, 0.717) is 16.4 Å². The number of nitrogens with two attached hydrogens (primary N) is 1. The third kappa shape index (κ3) is 2.89. The summed E-state index contributed by atoms with van der Waals surface area (Å²) >= 11 is 5.95. The second-order valence-corrected chi connectivity index (χ2v) is 4.83. The molecule has 5 nitrogen and oxygen atoms in total. The summed E-state index contributed by atoms with van der Waals surface area (Å²) in [5, 5.41) is 3.16. The summed E-state index contributed by atoms with van der Waals surface area (Å²) in [5.41, 5.74) is 5.52. The van der Waals surface area contributed by atoms with E-state index in [-0.39, 0.29) is 5.91 Å². The van der Waals surface area contributed by atoms with Crippen LogP contribution in [0.25, 0.3) is 0 Å². The molecule has 0 spiro atoms. The predicted octanol–water partition coefficient (Wildman–Crippen LogP) is 2.89. The normalized spacial score (nSPS) is 10.2. The van der Waals surface area contributed by atoms with Crippen molar-refractivity contribution in [3.8, 4) is 0 Å². The zero-order chi connectivity index (χ0) is 14.7. The lowest BCUT2D eigenvalue weighted by Gasteiger charge is -2.12. The van der Waals surface area contributed by atoms with E-state index < -0.39 is 0 Å². The monoisotopic (exact) mass is 290 g/mol. The standard InChI is InChI=1S/C14H15ClN4O/c1-8-4-3-5-9(2)12(8)18-14(20)10-6-11(15)13(19-16)17-7-10/h3-7H,16H2,1-2H3,(H,17,19)(H,18,20). The van der Waals surface area contributed by atoms with Gasteiger partial charge in [-0.3, -0.25) is 4.79 Å². The van der Waals surface area contributed by atoms with Gasteiger partial charge in [0.05, 0.1) is 10.6 Å². The van der Waals surface area contributed by atoms with Crippen LogP contribution in [0.1, 0.15) is 21.5 Å². The quantitative estimate of drug-likeness (QED) is 0.600. The molecule has 0 bridgehead atoms. The number of benzene rings is 1. The van der Waals surface area contributed by atoms with Gasteiger partial charge in [0.2, 0.25) is 0 Å². The lowest BCUT2D eigenvalue weighted by Crippen LogP contribution is -2.15. The molecule has 1 aromatic heterocycles. The van der Waals surface area contributed by atoms with Crippen LogP contribution in [0.3, 0.4) is 0 Å². The molecule has 1 aromatic carbocycles. The molecular formula is C14H15ClN4O. The van der Waals surface area contributed by atoms with Crippen LogP contribution in [0.2, 0.25) is 5.02 Å². The average Bonchev–Trinajstić information content (AvgIpc) is 2.42. The van der Waals surface area contributed by atoms with Gasteiger partial charge in [-0.25, -0.2) is 10.8 Å². The van der Waals surface area contributed by atoms with Gasteiger partial charge in [0, 0.05) is 11.9 Å². The van der Waals surface area contributed by atoms with E-state index >= 15 is 0 Å². The summed E-state index contributed by atoms with van der Waals surface area (Å²) in [6.07, 6.45) is 1.42. The molecule has 0 aliphatic carbocycles. The molecule has 20 heavy (non-hydrogen) atoms. The highest BCUT2D eigenvalue weighted by atomic mass is 35.5. The van der Waals surface area contributed by atoms with Crippen LogP contribution in [0.5, 0.6) is 0 Å². The van der Waals surface area contributed by atoms with E-state index in [2.05, 4.69) is 15.7 Å². The van der Waals surface area contributed by atoms with E-state index in [1.54, 1.807) is 0 Å². The molecule has 0 saturated heterocycles. The Kier molecular flexibility index (Phi) is 4.22. The van der Waals surface area contributed by atoms with Crippen LogP contribution in [0.15, 0.2) is 30.5 Å². The molecule has 1 amide bonds. The number of carbonyl (C=O) groups excluding carboxylic acids is 1. The second-order valence-electron chi connectivity index (χ2n) is 4.42. The van der Waals surface area contributed by atoms with Crippen LogP contribution < -0.4 is 16.6 Å². The highest BCUT2D eigenvalue weighted by molar-refractivity contribution is 6.33. The van der Waals surface area contributed by atoms with Gasteiger partial charge in [-0.05, 0) is 31.0 Å². The zero-order valence-corrected chi connectivity index (χ0v) is 12.0. The molecule has 0 fully saturated rings. The SMILES string of the molecule is Cc1cccc(C)c1NC(=O)c1cnc(NN)c(Cl)c1. The minimum Gasteiger partial charge on any atom is -0.321 e. The molecule has 1 heterocycles. The van der Waals surface area contributed by atoms with Crippen LogP contribution in [0.4, 0.5) is 11.5 Å². The Hall–Kier alpha value is -2.11. The number of para-hydroxylation sites is 1. The summed E-state index contributed by atoms with van der Waals surface area (Å²) in [5.74, 6) is 5.31. The number of amides is 1. The first-order valence-electron chi connectivity index (χ1n) is 6.02. The number of aryl methyl sites for hydroxylation is 2. The molecular weight excluding hydrogens is 276 g/mol. The Balaban J connectivity index is 2.26.